The average Bonchev–Trinajstić information content (AvgIpc) is 2.39. The van der Waals surface area contributed by atoms with E-state index in [1.54, 1.807) is 0 Å². The van der Waals surface area contributed by atoms with Crippen molar-refractivity contribution in [2.24, 2.45) is 17.6 Å². The minimum absolute atomic E-state index is 0.278. The lowest BCUT2D eigenvalue weighted by Gasteiger charge is -2.34. The normalized spacial score (nSPS) is 31.4. The lowest BCUT2D eigenvalue weighted by atomic mass is 9.80. The fourth-order valence-corrected chi connectivity index (χ4v) is 3.10. The molecule has 1 saturated heterocycles. The summed E-state index contributed by atoms with van der Waals surface area (Å²) >= 11 is 0. The van der Waals surface area contributed by atoms with E-state index in [4.69, 9.17) is 5.73 Å². The monoisotopic (exact) mass is 224 g/mol. The molecule has 2 atom stereocenters. The van der Waals surface area contributed by atoms with Gasteiger partial charge in [0.15, 0.2) is 0 Å². The lowest BCUT2D eigenvalue weighted by molar-refractivity contribution is -0.138. The smallest absolute Gasteiger partial charge is 0.225 e. The highest BCUT2D eigenvalue weighted by Gasteiger charge is 2.30. The molecule has 3 nitrogen and oxygen atoms in total. The van der Waals surface area contributed by atoms with Crippen molar-refractivity contribution < 1.29 is 4.79 Å². The third-order valence-electron chi connectivity index (χ3n) is 4.13. The minimum atomic E-state index is 0.278. The van der Waals surface area contributed by atoms with Crippen LogP contribution in [0.25, 0.3) is 0 Å². The molecule has 1 heterocycles. The van der Waals surface area contributed by atoms with Crippen LogP contribution in [0.1, 0.15) is 44.9 Å². The standard InChI is InChI=1S/C13H24N2O/c14-10-11-5-4-6-12(9-11)13(16)15-7-2-1-3-8-15/h11-12H,1-10,14H2. The number of nitrogens with two attached hydrogens (primary N) is 1. The zero-order valence-corrected chi connectivity index (χ0v) is 10.2. The molecule has 2 fully saturated rings. The number of carbonyl (C=O) groups excluding carboxylic acids is 1. The summed E-state index contributed by atoms with van der Waals surface area (Å²) in [7, 11) is 0. The van der Waals surface area contributed by atoms with Crippen molar-refractivity contribution in [2.45, 2.75) is 44.9 Å². The molecular weight excluding hydrogens is 200 g/mol. The van der Waals surface area contributed by atoms with Gasteiger partial charge in [0, 0.05) is 19.0 Å². The van der Waals surface area contributed by atoms with Gasteiger partial charge in [-0.15, -0.1) is 0 Å². The quantitative estimate of drug-likeness (QED) is 0.777. The molecule has 0 aromatic heterocycles. The molecular formula is C13H24N2O. The van der Waals surface area contributed by atoms with Crippen LogP contribution in [0.3, 0.4) is 0 Å². The third-order valence-corrected chi connectivity index (χ3v) is 4.13. The Labute approximate surface area is 98.4 Å². The molecule has 2 unspecified atom stereocenters. The van der Waals surface area contributed by atoms with Crippen LogP contribution in [0.4, 0.5) is 0 Å². The van der Waals surface area contributed by atoms with Crippen LogP contribution in [0.5, 0.6) is 0 Å². The number of amides is 1. The lowest BCUT2D eigenvalue weighted by Crippen LogP contribution is -2.41. The molecule has 0 bridgehead atoms. The van der Waals surface area contributed by atoms with Crippen LogP contribution < -0.4 is 5.73 Å². The van der Waals surface area contributed by atoms with E-state index in [-0.39, 0.29) is 5.92 Å². The van der Waals surface area contributed by atoms with Crippen LogP contribution in [0.2, 0.25) is 0 Å². The van der Waals surface area contributed by atoms with E-state index in [0.29, 0.717) is 11.8 Å². The molecule has 0 aromatic carbocycles. The van der Waals surface area contributed by atoms with Gasteiger partial charge < -0.3 is 10.6 Å². The molecule has 2 N–H and O–H groups in total. The number of rotatable bonds is 2. The molecule has 1 saturated carbocycles. The molecule has 0 radical (unpaired) electrons. The van der Waals surface area contributed by atoms with Crippen molar-refractivity contribution in [2.75, 3.05) is 19.6 Å². The summed E-state index contributed by atoms with van der Waals surface area (Å²) in [5.74, 6) is 1.28. The van der Waals surface area contributed by atoms with Gasteiger partial charge in [0.1, 0.15) is 0 Å². The Morgan fingerprint density at radius 1 is 1.12 bits per heavy atom. The predicted octanol–water partition coefficient (Wildman–Crippen LogP) is 1.76. The van der Waals surface area contributed by atoms with Crippen LogP contribution in [-0.2, 0) is 4.79 Å². The summed E-state index contributed by atoms with van der Waals surface area (Å²) in [5, 5.41) is 0. The Hall–Kier alpha value is -0.570. The van der Waals surface area contributed by atoms with Crippen molar-refractivity contribution >= 4 is 5.91 Å². The van der Waals surface area contributed by atoms with Crippen LogP contribution >= 0.6 is 0 Å². The first-order valence-corrected chi connectivity index (χ1v) is 6.80. The van der Waals surface area contributed by atoms with Gasteiger partial charge >= 0.3 is 0 Å². The SMILES string of the molecule is NCC1CCCC(C(=O)N2CCCCC2)C1. The molecule has 2 aliphatic rings. The first-order valence-electron chi connectivity index (χ1n) is 6.80. The molecule has 1 amide bonds. The second kappa shape index (κ2) is 5.67. The third kappa shape index (κ3) is 2.76. The fraction of sp³-hybridized carbons (Fsp3) is 0.923. The molecule has 3 heteroatoms. The van der Waals surface area contributed by atoms with Crippen LogP contribution in [0.15, 0.2) is 0 Å². The Morgan fingerprint density at radius 2 is 1.88 bits per heavy atom. The summed E-state index contributed by atoms with van der Waals surface area (Å²) in [6, 6.07) is 0. The summed E-state index contributed by atoms with van der Waals surface area (Å²) in [6.45, 7) is 2.73. The molecule has 1 aliphatic carbocycles. The van der Waals surface area contributed by atoms with Gasteiger partial charge in [-0.05, 0) is 51.0 Å². The number of nitrogens with zero attached hydrogens (tertiary/aromatic N) is 1. The van der Waals surface area contributed by atoms with Crippen molar-refractivity contribution in [3.05, 3.63) is 0 Å². The van der Waals surface area contributed by atoms with E-state index >= 15 is 0 Å². The van der Waals surface area contributed by atoms with Gasteiger partial charge in [-0.3, -0.25) is 4.79 Å². The van der Waals surface area contributed by atoms with Crippen LogP contribution in [0, 0.1) is 11.8 Å². The van der Waals surface area contributed by atoms with Gasteiger partial charge in [-0.1, -0.05) is 6.42 Å². The van der Waals surface area contributed by atoms with Crippen molar-refractivity contribution in [1.82, 2.24) is 4.90 Å². The van der Waals surface area contributed by atoms with Crippen molar-refractivity contribution in [3.8, 4) is 0 Å². The number of likely N-dealkylation sites (tertiary alicyclic amines) is 1. The number of carbonyl (C=O) groups is 1. The van der Waals surface area contributed by atoms with Crippen molar-refractivity contribution in [3.63, 3.8) is 0 Å². The Balaban J connectivity index is 1.87. The maximum atomic E-state index is 12.3. The number of piperidine rings is 1. The molecule has 1 aliphatic heterocycles. The van der Waals surface area contributed by atoms with E-state index in [0.717, 1.165) is 32.5 Å². The first kappa shape index (κ1) is 11.9. The minimum Gasteiger partial charge on any atom is -0.342 e. The maximum Gasteiger partial charge on any atom is 0.225 e. The van der Waals surface area contributed by atoms with E-state index in [1.165, 1.54) is 32.1 Å². The zero-order valence-electron chi connectivity index (χ0n) is 10.2. The summed E-state index contributed by atoms with van der Waals surface area (Å²) in [6.07, 6.45) is 8.21. The van der Waals surface area contributed by atoms with Crippen molar-refractivity contribution in [1.29, 1.82) is 0 Å². The topological polar surface area (TPSA) is 46.3 Å². The van der Waals surface area contributed by atoms with E-state index in [9.17, 15) is 4.79 Å². The summed E-state index contributed by atoms with van der Waals surface area (Å²) < 4.78 is 0. The number of hydrogen-bond donors (Lipinski definition) is 1. The Morgan fingerprint density at radius 3 is 2.56 bits per heavy atom. The average molecular weight is 224 g/mol. The van der Waals surface area contributed by atoms with Gasteiger partial charge in [0.2, 0.25) is 5.91 Å². The largest absolute Gasteiger partial charge is 0.342 e. The van der Waals surface area contributed by atoms with E-state index in [1.807, 2.05) is 0 Å². The second-order valence-corrected chi connectivity index (χ2v) is 5.35. The van der Waals surface area contributed by atoms with E-state index < -0.39 is 0 Å². The second-order valence-electron chi connectivity index (χ2n) is 5.35. The molecule has 16 heavy (non-hydrogen) atoms. The maximum absolute atomic E-state index is 12.3. The van der Waals surface area contributed by atoms with Crippen LogP contribution in [-0.4, -0.2) is 30.4 Å². The summed E-state index contributed by atoms with van der Waals surface area (Å²) in [5.41, 5.74) is 5.72. The molecule has 0 aromatic rings. The predicted molar refractivity (Wildman–Crippen MR) is 64.9 cm³/mol. The molecule has 0 spiro atoms. The zero-order chi connectivity index (χ0) is 11.4. The highest BCUT2D eigenvalue weighted by atomic mass is 16.2. The van der Waals surface area contributed by atoms with Gasteiger partial charge in [0.25, 0.3) is 0 Å². The Kier molecular flexibility index (Phi) is 4.22. The highest BCUT2D eigenvalue weighted by Crippen LogP contribution is 2.30. The molecule has 2 rings (SSSR count). The number of hydrogen-bond acceptors (Lipinski definition) is 2. The molecule has 92 valence electrons. The van der Waals surface area contributed by atoms with Gasteiger partial charge in [-0.2, -0.15) is 0 Å². The highest BCUT2D eigenvalue weighted by molar-refractivity contribution is 5.79. The van der Waals surface area contributed by atoms with Gasteiger partial charge in [0.05, 0.1) is 0 Å². The fourth-order valence-electron chi connectivity index (χ4n) is 3.10. The van der Waals surface area contributed by atoms with E-state index in [2.05, 4.69) is 4.90 Å². The summed E-state index contributed by atoms with van der Waals surface area (Å²) in [4.78, 5) is 14.4. The Bertz CT molecular complexity index is 236. The van der Waals surface area contributed by atoms with Gasteiger partial charge in [-0.25, -0.2) is 0 Å². The first-order chi connectivity index (χ1) is 7.81.